The van der Waals surface area contributed by atoms with Crippen LogP contribution in [0.5, 0.6) is 0 Å². The van der Waals surface area contributed by atoms with E-state index in [1.165, 1.54) is 38.5 Å². The molecule has 0 saturated heterocycles. The minimum atomic E-state index is 0.260. The maximum Gasteiger partial charge on any atom is 0.220 e. The van der Waals surface area contributed by atoms with Crippen molar-refractivity contribution in [3.63, 3.8) is 0 Å². The van der Waals surface area contributed by atoms with Crippen LogP contribution in [0, 0.1) is 5.92 Å². The van der Waals surface area contributed by atoms with Gasteiger partial charge in [-0.3, -0.25) is 4.79 Å². The molecule has 88 valence electrons. The van der Waals surface area contributed by atoms with E-state index in [9.17, 15) is 4.79 Å². The summed E-state index contributed by atoms with van der Waals surface area (Å²) in [4.78, 5) is 11.6. The predicted molar refractivity (Wildman–Crippen MR) is 63.7 cm³/mol. The largest absolute Gasteiger partial charge is 0.353 e. The molecule has 0 unspecified atom stereocenters. The lowest BCUT2D eigenvalue weighted by molar-refractivity contribution is -0.122. The van der Waals surface area contributed by atoms with E-state index in [0.717, 1.165) is 6.42 Å². The van der Waals surface area contributed by atoms with Gasteiger partial charge in [0.25, 0.3) is 0 Å². The lowest BCUT2D eigenvalue weighted by atomic mass is 10.1. The Morgan fingerprint density at radius 1 is 1.20 bits per heavy atom. The molecule has 1 rings (SSSR count). The summed E-state index contributed by atoms with van der Waals surface area (Å²) in [6.45, 7) is 4.33. The molecule has 1 fully saturated rings. The first-order valence-corrected chi connectivity index (χ1v) is 6.48. The second-order valence-corrected chi connectivity index (χ2v) is 5.19. The molecule has 1 N–H and O–H groups in total. The SMILES string of the molecule is CC(C)CCC(=O)NC1CCCCCC1. The maximum atomic E-state index is 11.6. The van der Waals surface area contributed by atoms with Gasteiger partial charge < -0.3 is 5.32 Å². The van der Waals surface area contributed by atoms with Crippen molar-refractivity contribution >= 4 is 5.91 Å². The number of carbonyl (C=O) groups is 1. The molecule has 2 heteroatoms. The summed E-state index contributed by atoms with van der Waals surface area (Å²) >= 11 is 0. The number of nitrogens with one attached hydrogen (secondary N) is 1. The van der Waals surface area contributed by atoms with E-state index >= 15 is 0 Å². The number of amides is 1. The van der Waals surface area contributed by atoms with E-state index in [1.807, 2.05) is 0 Å². The van der Waals surface area contributed by atoms with E-state index in [2.05, 4.69) is 19.2 Å². The van der Waals surface area contributed by atoms with Crippen LogP contribution in [-0.4, -0.2) is 11.9 Å². The van der Waals surface area contributed by atoms with Crippen molar-refractivity contribution in [2.45, 2.75) is 71.3 Å². The van der Waals surface area contributed by atoms with Crippen molar-refractivity contribution in [2.24, 2.45) is 5.92 Å². The molecule has 0 heterocycles. The molecule has 0 aromatic heterocycles. The summed E-state index contributed by atoms with van der Waals surface area (Å²) in [6, 6.07) is 0.465. The van der Waals surface area contributed by atoms with Gasteiger partial charge >= 0.3 is 0 Å². The van der Waals surface area contributed by atoms with Crippen LogP contribution in [0.15, 0.2) is 0 Å². The summed E-state index contributed by atoms with van der Waals surface area (Å²) in [5.74, 6) is 0.889. The lowest BCUT2D eigenvalue weighted by Gasteiger charge is -2.16. The van der Waals surface area contributed by atoms with Gasteiger partial charge in [0.1, 0.15) is 0 Å². The Morgan fingerprint density at radius 3 is 2.33 bits per heavy atom. The summed E-state index contributed by atoms with van der Waals surface area (Å²) < 4.78 is 0. The van der Waals surface area contributed by atoms with E-state index in [-0.39, 0.29) is 5.91 Å². The molecule has 1 aliphatic carbocycles. The van der Waals surface area contributed by atoms with Crippen LogP contribution in [0.25, 0.3) is 0 Å². The Bertz CT molecular complexity index is 181. The highest BCUT2D eigenvalue weighted by molar-refractivity contribution is 5.76. The number of hydrogen-bond acceptors (Lipinski definition) is 1. The third-order valence-electron chi connectivity index (χ3n) is 3.17. The molecule has 0 atom stereocenters. The fourth-order valence-electron chi connectivity index (χ4n) is 2.14. The normalized spacial score (nSPS) is 18.9. The van der Waals surface area contributed by atoms with Crippen LogP contribution in [-0.2, 0) is 4.79 Å². The van der Waals surface area contributed by atoms with Gasteiger partial charge in [0.05, 0.1) is 0 Å². The first kappa shape index (κ1) is 12.5. The van der Waals surface area contributed by atoms with Crippen molar-refractivity contribution in [2.75, 3.05) is 0 Å². The Balaban J connectivity index is 2.17. The van der Waals surface area contributed by atoms with E-state index in [0.29, 0.717) is 18.4 Å². The summed E-state index contributed by atoms with van der Waals surface area (Å²) in [5.41, 5.74) is 0. The molecule has 0 aromatic carbocycles. The van der Waals surface area contributed by atoms with Crippen LogP contribution < -0.4 is 5.32 Å². The van der Waals surface area contributed by atoms with Crippen molar-refractivity contribution in [3.05, 3.63) is 0 Å². The minimum absolute atomic E-state index is 0.260. The first-order valence-electron chi connectivity index (χ1n) is 6.48. The first-order chi connectivity index (χ1) is 7.18. The second kappa shape index (κ2) is 6.86. The molecule has 1 aliphatic rings. The summed E-state index contributed by atoms with van der Waals surface area (Å²) in [5, 5.41) is 3.18. The average molecular weight is 211 g/mol. The predicted octanol–water partition coefficient (Wildman–Crippen LogP) is 3.26. The average Bonchev–Trinajstić information content (AvgIpc) is 2.43. The number of rotatable bonds is 4. The standard InChI is InChI=1S/C13H25NO/c1-11(2)9-10-13(15)14-12-7-5-3-4-6-8-12/h11-12H,3-10H2,1-2H3,(H,14,15). The van der Waals surface area contributed by atoms with Crippen LogP contribution >= 0.6 is 0 Å². The number of hydrogen-bond donors (Lipinski definition) is 1. The Kier molecular flexibility index (Phi) is 5.74. The van der Waals surface area contributed by atoms with E-state index < -0.39 is 0 Å². The highest BCUT2D eigenvalue weighted by atomic mass is 16.1. The van der Waals surface area contributed by atoms with Gasteiger partial charge in [-0.25, -0.2) is 0 Å². The molecule has 15 heavy (non-hydrogen) atoms. The third-order valence-corrected chi connectivity index (χ3v) is 3.17. The maximum absolute atomic E-state index is 11.6. The molecule has 0 aliphatic heterocycles. The molecule has 0 aromatic rings. The molecule has 1 saturated carbocycles. The van der Waals surface area contributed by atoms with E-state index in [1.54, 1.807) is 0 Å². The molecular formula is C13H25NO. The smallest absolute Gasteiger partial charge is 0.220 e. The zero-order valence-corrected chi connectivity index (χ0v) is 10.2. The van der Waals surface area contributed by atoms with Crippen molar-refractivity contribution in [1.82, 2.24) is 5.32 Å². The van der Waals surface area contributed by atoms with Crippen LogP contribution in [0.3, 0.4) is 0 Å². The zero-order valence-electron chi connectivity index (χ0n) is 10.2. The second-order valence-electron chi connectivity index (χ2n) is 5.19. The molecule has 0 spiro atoms. The molecule has 2 nitrogen and oxygen atoms in total. The van der Waals surface area contributed by atoms with Crippen molar-refractivity contribution in [1.29, 1.82) is 0 Å². The fourth-order valence-corrected chi connectivity index (χ4v) is 2.14. The molecule has 0 bridgehead atoms. The minimum Gasteiger partial charge on any atom is -0.353 e. The highest BCUT2D eigenvalue weighted by Crippen LogP contribution is 2.17. The summed E-state index contributed by atoms with van der Waals surface area (Å²) in [6.07, 6.45) is 9.36. The lowest BCUT2D eigenvalue weighted by Crippen LogP contribution is -2.34. The van der Waals surface area contributed by atoms with Crippen molar-refractivity contribution < 1.29 is 4.79 Å². The van der Waals surface area contributed by atoms with Gasteiger partial charge in [-0.2, -0.15) is 0 Å². The van der Waals surface area contributed by atoms with Gasteiger partial charge in [-0.15, -0.1) is 0 Å². The van der Waals surface area contributed by atoms with Crippen LogP contribution in [0.4, 0.5) is 0 Å². The quantitative estimate of drug-likeness (QED) is 0.710. The fraction of sp³-hybridized carbons (Fsp3) is 0.923. The molecular weight excluding hydrogens is 186 g/mol. The Hall–Kier alpha value is -0.530. The topological polar surface area (TPSA) is 29.1 Å². The third kappa shape index (κ3) is 5.81. The van der Waals surface area contributed by atoms with E-state index in [4.69, 9.17) is 0 Å². The van der Waals surface area contributed by atoms with Crippen LogP contribution in [0.2, 0.25) is 0 Å². The van der Waals surface area contributed by atoms with Gasteiger partial charge in [0, 0.05) is 12.5 Å². The van der Waals surface area contributed by atoms with Crippen LogP contribution in [0.1, 0.15) is 65.2 Å². The van der Waals surface area contributed by atoms with Gasteiger partial charge in [0.15, 0.2) is 0 Å². The Labute approximate surface area is 93.8 Å². The zero-order chi connectivity index (χ0) is 11.1. The monoisotopic (exact) mass is 211 g/mol. The van der Waals surface area contributed by atoms with Gasteiger partial charge in [-0.05, 0) is 25.2 Å². The summed E-state index contributed by atoms with van der Waals surface area (Å²) in [7, 11) is 0. The Morgan fingerprint density at radius 2 is 1.80 bits per heavy atom. The number of carbonyl (C=O) groups excluding carboxylic acids is 1. The van der Waals surface area contributed by atoms with Gasteiger partial charge in [-0.1, -0.05) is 39.5 Å². The van der Waals surface area contributed by atoms with Crippen molar-refractivity contribution in [3.8, 4) is 0 Å². The molecule has 0 radical (unpaired) electrons. The molecule has 1 amide bonds. The van der Waals surface area contributed by atoms with Gasteiger partial charge in [0.2, 0.25) is 5.91 Å². The highest BCUT2D eigenvalue weighted by Gasteiger charge is 2.14.